The maximum Gasteiger partial charge on any atom is 0.488 e. The van der Waals surface area contributed by atoms with Crippen molar-refractivity contribution < 1.29 is 24.7 Å². The zero-order chi connectivity index (χ0) is 40.8. The summed E-state index contributed by atoms with van der Waals surface area (Å²) >= 11 is 12.9. The second-order valence-corrected chi connectivity index (χ2v) is 16.5. The lowest BCUT2D eigenvalue weighted by Gasteiger charge is -2.11. The molecule has 0 aliphatic carbocycles. The minimum absolute atomic E-state index is 0. The molecule has 10 rings (SSSR count). The minimum atomic E-state index is -1.34. The zero-order valence-electron chi connectivity index (χ0n) is 30.5. The van der Waals surface area contributed by atoms with Crippen LogP contribution in [-0.4, -0.2) is 27.4 Å². The van der Waals surface area contributed by atoms with Crippen LogP contribution < -0.4 is 5.46 Å². The van der Waals surface area contributed by atoms with Crippen LogP contribution in [0.3, 0.4) is 0 Å². The number of benzene rings is 9. The van der Waals surface area contributed by atoms with Crippen molar-refractivity contribution in [2.45, 2.75) is 7.43 Å². The summed E-state index contributed by atoms with van der Waals surface area (Å²) in [5, 5.41) is 46.0. The van der Waals surface area contributed by atoms with E-state index in [0.717, 1.165) is 71.6 Å². The molecule has 294 valence electrons. The Morgan fingerprint density at radius 2 is 0.898 bits per heavy atom. The molecule has 1 aromatic heterocycles. The molecule has 9 aromatic carbocycles. The highest BCUT2D eigenvalue weighted by atomic mass is 127. The summed E-state index contributed by atoms with van der Waals surface area (Å²) in [6.07, 6.45) is 0. The zero-order valence-corrected chi connectivity index (χ0v) is 37.4. The summed E-state index contributed by atoms with van der Waals surface area (Å²) in [7, 11) is -1.34. The largest absolute Gasteiger partial charge is 0.507 e. The van der Waals surface area contributed by atoms with Crippen LogP contribution >= 0.6 is 70.4 Å². The van der Waals surface area contributed by atoms with Crippen LogP contribution in [0.5, 0.6) is 11.5 Å². The van der Waals surface area contributed by atoms with Gasteiger partial charge >= 0.3 is 7.12 Å². The van der Waals surface area contributed by atoms with Gasteiger partial charge in [-0.05, 0) is 138 Å². The summed E-state index contributed by atoms with van der Waals surface area (Å²) < 4.78 is 9.78. The quantitative estimate of drug-likeness (QED) is 0.102. The molecule has 1 heterocycles. The average Bonchev–Trinajstić information content (AvgIpc) is 3.63. The van der Waals surface area contributed by atoms with Crippen molar-refractivity contribution in [2.75, 3.05) is 0 Å². The van der Waals surface area contributed by atoms with E-state index in [9.17, 15) is 10.2 Å². The summed E-state index contributed by atoms with van der Waals surface area (Å²) in [6.45, 7) is 0. The second-order valence-electron chi connectivity index (χ2n) is 13.1. The van der Waals surface area contributed by atoms with Gasteiger partial charge in [-0.15, -0.1) is 0 Å². The van der Waals surface area contributed by atoms with E-state index >= 15 is 0 Å². The Hall–Kier alpha value is -4.69. The molecular weight excluding hydrogens is 1050 g/mol. The Balaban J connectivity index is 0.000000136. The lowest BCUT2D eigenvalue weighted by molar-refractivity contribution is 0.425. The van der Waals surface area contributed by atoms with Crippen LogP contribution in [0, 0.1) is 3.57 Å². The van der Waals surface area contributed by atoms with Crippen molar-refractivity contribution in [1.29, 1.82) is 0 Å². The van der Waals surface area contributed by atoms with Crippen LogP contribution in [0.1, 0.15) is 7.43 Å². The molecular formula is C49H37BBr3IO5. The van der Waals surface area contributed by atoms with Gasteiger partial charge in [-0.25, -0.2) is 0 Å². The van der Waals surface area contributed by atoms with Gasteiger partial charge in [0.1, 0.15) is 22.7 Å². The van der Waals surface area contributed by atoms with E-state index < -0.39 is 7.12 Å². The molecule has 0 aliphatic rings. The minimum Gasteiger partial charge on any atom is -0.507 e. The number of para-hydroxylation sites is 1. The summed E-state index contributed by atoms with van der Waals surface area (Å²) in [6, 6.07) is 56.7. The summed E-state index contributed by atoms with van der Waals surface area (Å²) in [5.41, 5.74) is 4.24. The summed E-state index contributed by atoms with van der Waals surface area (Å²) in [5.74, 6) is 0.623. The average molecular weight is 1080 g/mol. The molecule has 59 heavy (non-hydrogen) atoms. The van der Waals surface area contributed by atoms with Crippen molar-refractivity contribution in [2.24, 2.45) is 0 Å². The number of phenolic OH excluding ortho intramolecular Hbond substituents is 2. The van der Waals surface area contributed by atoms with Gasteiger partial charge in [0.15, 0.2) is 0 Å². The number of halogens is 4. The molecule has 10 heteroatoms. The first-order valence-corrected chi connectivity index (χ1v) is 21.5. The normalized spacial score (nSPS) is 10.5. The molecule has 0 aliphatic heterocycles. The fourth-order valence-corrected chi connectivity index (χ4v) is 9.12. The Bertz CT molecular complexity index is 3010. The van der Waals surface area contributed by atoms with Crippen LogP contribution in [0.4, 0.5) is 0 Å². The lowest BCUT2D eigenvalue weighted by Crippen LogP contribution is -2.29. The lowest BCUT2D eigenvalue weighted by atomic mass is 9.81. The highest BCUT2D eigenvalue weighted by Gasteiger charge is 2.14. The molecule has 4 N–H and O–H groups in total. The van der Waals surface area contributed by atoms with Crippen molar-refractivity contribution in [3.63, 3.8) is 0 Å². The number of aromatic hydroxyl groups is 2. The number of furan rings is 1. The highest BCUT2D eigenvalue weighted by molar-refractivity contribution is 14.1. The number of hydrogen-bond donors (Lipinski definition) is 4. The first kappa shape index (κ1) is 43.9. The van der Waals surface area contributed by atoms with Crippen molar-refractivity contribution >= 4 is 137 Å². The van der Waals surface area contributed by atoms with E-state index in [-0.39, 0.29) is 7.43 Å². The molecule has 0 fully saturated rings. The maximum absolute atomic E-state index is 10.2. The Kier molecular flexibility index (Phi) is 14.9. The van der Waals surface area contributed by atoms with Gasteiger partial charge in [0.2, 0.25) is 0 Å². The first-order chi connectivity index (χ1) is 28.1. The molecule has 0 saturated carbocycles. The molecule has 0 radical (unpaired) electrons. The van der Waals surface area contributed by atoms with Gasteiger partial charge in [-0.3, -0.25) is 0 Å². The standard InChI is InChI=1S/C16H9BrO.C16H11BrO.C10H6BrIO.C6H7BO2.CH4/c17-16-11-6-2-1-5-10(11)9-14-15(16)12-7-3-4-8-13(12)18-14;17-16-13-9-5-4-8-12(13)10-14(18)15(16)11-6-2-1-3-7-11;11-9-7-4-2-1-3-6(7)5-8(13)10(9)12;8-7(9)6-4-2-1-3-5-6;/h1-9H;1-10,18H;1-5,13H;1-5,8-9H;1H4. The molecule has 0 spiro atoms. The van der Waals surface area contributed by atoms with Crippen LogP contribution in [0.15, 0.2) is 194 Å². The molecule has 0 atom stereocenters. The van der Waals surface area contributed by atoms with Gasteiger partial charge in [-0.1, -0.05) is 159 Å². The van der Waals surface area contributed by atoms with E-state index in [2.05, 4.69) is 101 Å². The van der Waals surface area contributed by atoms with E-state index in [1.54, 1.807) is 30.3 Å². The molecule has 0 saturated heterocycles. The number of hydrogen-bond acceptors (Lipinski definition) is 5. The van der Waals surface area contributed by atoms with Crippen LogP contribution in [0.2, 0.25) is 0 Å². The predicted molar refractivity (Wildman–Crippen MR) is 267 cm³/mol. The SMILES string of the molecule is Brc1c2ccccc2cc2oc3ccccc3c12.C.OB(O)c1ccccc1.Oc1cc2ccccc2c(Br)c1-c1ccccc1.Oc1cc2ccccc2c(Br)c1I. The molecule has 5 nitrogen and oxygen atoms in total. The fraction of sp³-hybridized carbons (Fsp3) is 0.0204. The van der Waals surface area contributed by atoms with E-state index in [4.69, 9.17) is 14.5 Å². The van der Waals surface area contributed by atoms with Gasteiger partial charge in [0, 0.05) is 29.8 Å². The molecule has 0 bridgehead atoms. The molecule has 10 aromatic rings. The fourth-order valence-electron chi connectivity index (χ4n) is 6.55. The third-order valence-corrected chi connectivity index (χ3v) is 13.7. The Labute approximate surface area is 381 Å². The summed E-state index contributed by atoms with van der Waals surface area (Å²) in [4.78, 5) is 0. The molecule has 0 amide bonds. The molecule has 0 unspecified atom stereocenters. The smallest absolute Gasteiger partial charge is 0.488 e. The number of phenols is 2. The Morgan fingerprint density at radius 1 is 0.458 bits per heavy atom. The van der Waals surface area contributed by atoms with Gasteiger partial charge in [0.25, 0.3) is 0 Å². The third-order valence-electron chi connectivity index (χ3n) is 9.36. The van der Waals surface area contributed by atoms with Gasteiger partial charge < -0.3 is 24.7 Å². The highest BCUT2D eigenvalue weighted by Crippen LogP contribution is 2.42. The third kappa shape index (κ3) is 9.86. The van der Waals surface area contributed by atoms with Crippen molar-refractivity contribution in [3.8, 4) is 22.6 Å². The second kappa shape index (κ2) is 20.0. The topological polar surface area (TPSA) is 94.1 Å². The van der Waals surface area contributed by atoms with E-state index in [0.29, 0.717) is 17.0 Å². The predicted octanol–water partition coefficient (Wildman–Crippen LogP) is 14.4. The van der Waals surface area contributed by atoms with Crippen molar-refractivity contribution in [1.82, 2.24) is 0 Å². The van der Waals surface area contributed by atoms with Crippen molar-refractivity contribution in [3.05, 3.63) is 193 Å². The van der Waals surface area contributed by atoms with Crippen LogP contribution in [0.25, 0.3) is 65.4 Å². The maximum atomic E-state index is 10.2. The monoisotopic (exact) mass is 1080 g/mol. The van der Waals surface area contributed by atoms with Crippen LogP contribution in [-0.2, 0) is 0 Å². The van der Waals surface area contributed by atoms with E-state index in [1.165, 1.54) is 10.8 Å². The Morgan fingerprint density at radius 3 is 1.46 bits per heavy atom. The first-order valence-electron chi connectivity index (χ1n) is 18.0. The number of fused-ring (bicyclic) bond motifs is 6. The van der Waals surface area contributed by atoms with Gasteiger partial charge in [-0.2, -0.15) is 0 Å². The van der Waals surface area contributed by atoms with Gasteiger partial charge in [0.05, 0.1) is 3.57 Å². The van der Waals surface area contributed by atoms with E-state index in [1.807, 2.05) is 115 Å². The number of rotatable bonds is 2.